The third kappa shape index (κ3) is 4.49. The SMILES string of the molecule is CCN1CCC(NCCC(C)O)C(C)C1. The van der Waals surface area contributed by atoms with Crippen molar-refractivity contribution in [2.45, 2.75) is 45.8 Å². The van der Waals surface area contributed by atoms with Crippen LogP contribution < -0.4 is 5.32 Å². The zero-order chi connectivity index (χ0) is 11.3. The van der Waals surface area contributed by atoms with Gasteiger partial charge in [0, 0.05) is 12.6 Å². The quantitative estimate of drug-likeness (QED) is 0.719. The summed E-state index contributed by atoms with van der Waals surface area (Å²) in [6.07, 6.45) is 1.93. The summed E-state index contributed by atoms with van der Waals surface area (Å²) in [6, 6.07) is 0.645. The second kappa shape index (κ2) is 6.46. The Kier molecular flexibility index (Phi) is 5.58. The van der Waals surface area contributed by atoms with E-state index in [9.17, 15) is 5.11 Å². The molecule has 90 valence electrons. The average Bonchev–Trinajstić information content (AvgIpc) is 2.20. The fourth-order valence-electron chi connectivity index (χ4n) is 2.30. The van der Waals surface area contributed by atoms with E-state index in [0.29, 0.717) is 6.04 Å². The van der Waals surface area contributed by atoms with Gasteiger partial charge in [0.2, 0.25) is 0 Å². The van der Waals surface area contributed by atoms with Crippen LogP contribution in [0, 0.1) is 5.92 Å². The summed E-state index contributed by atoms with van der Waals surface area (Å²) in [4.78, 5) is 2.51. The Balaban J connectivity index is 2.20. The van der Waals surface area contributed by atoms with Crippen LogP contribution in [-0.2, 0) is 0 Å². The van der Waals surface area contributed by atoms with Gasteiger partial charge in [0.25, 0.3) is 0 Å². The molecule has 1 rings (SSSR count). The van der Waals surface area contributed by atoms with E-state index in [4.69, 9.17) is 0 Å². The van der Waals surface area contributed by atoms with Crippen molar-refractivity contribution in [2.24, 2.45) is 5.92 Å². The molecule has 0 radical (unpaired) electrons. The van der Waals surface area contributed by atoms with Crippen molar-refractivity contribution in [1.29, 1.82) is 0 Å². The van der Waals surface area contributed by atoms with E-state index >= 15 is 0 Å². The number of hydrogen-bond acceptors (Lipinski definition) is 3. The summed E-state index contributed by atoms with van der Waals surface area (Å²) < 4.78 is 0. The van der Waals surface area contributed by atoms with Crippen LogP contribution in [0.2, 0.25) is 0 Å². The summed E-state index contributed by atoms with van der Waals surface area (Å²) in [7, 11) is 0. The topological polar surface area (TPSA) is 35.5 Å². The number of nitrogens with one attached hydrogen (secondary N) is 1. The van der Waals surface area contributed by atoms with Gasteiger partial charge >= 0.3 is 0 Å². The molecule has 3 heteroatoms. The Bertz CT molecular complexity index is 173. The third-order valence-corrected chi connectivity index (χ3v) is 3.41. The molecule has 3 unspecified atom stereocenters. The highest BCUT2D eigenvalue weighted by Gasteiger charge is 2.24. The van der Waals surface area contributed by atoms with Gasteiger partial charge in [-0.25, -0.2) is 0 Å². The van der Waals surface area contributed by atoms with Gasteiger partial charge in [0.1, 0.15) is 0 Å². The molecule has 3 atom stereocenters. The van der Waals surface area contributed by atoms with E-state index in [0.717, 1.165) is 18.9 Å². The van der Waals surface area contributed by atoms with Gasteiger partial charge in [0.15, 0.2) is 0 Å². The lowest BCUT2D eigenvalue weighted by Gasteiger charge is -2.37. The molecule has 1 saturated heterocycles. The predicted octanol–water partition coefficient (Wildman–Crippen LogP) is 1.08. The molecule has 2 N–H and O–H groups in total. The summed E-state index contributed by atoms with van der Waals surface area (Å²) in [5.74, 6) is 0.729. The summed E-state index contributed by atoms with van der Waals surface area (Å²) in [5.41, 5.74) is 0. The number of aliphatic hydroxyl groups is 1. The molecule has 1 fully saturated rings. The third-order valence-electron chi connectivity index (χ3n) is 3.41. The monoisotopic (exact) mass is 214 g/mol. The lowest BCUT2D eigenvalue weighted by molar-refractivity contribution is 0.144. The van der Waals surface area contributed by atoms with Crippen molar-refractivity contribution < 1.29 is 5.11 Å². The molecular weight excluding hydrogens is 188 g/mol. The van der Waals surface area contributed by atoms with Gasteiger partial charge in [-0.15, -0.1) is 0 Å². The van der Waals surface area contributed by atoms with E-state index in [-0.39, 0.29) is 6.10 Å². The van der Waals surface area contributed by atoms with Gasteiger partial charge in [-0.05, 0) is 45.3 Å². The second-order valence-electron chi connectivity index (χ2n) is 4.86. The lowest BCUT2D eigenvalue weighted by atomic mass is 9.94. The zero-order valence-corrected chi connectivity index (χ0v) is 10.4. The highest BCUT2D eigenvalue weighted by atomic mass is 16.3. The Labute approximate surface area is 93.9 Å². The van der Waals surface area contributed by atoms with E-state index < -0.39 is 0 Å². The molecule has 0 saturated carbocycles. The Hall–Kier alpha value is -0.120. The second-order valence-corrected chi connectivity index (χ2v) is 4.86. The standard InChI is InChI=1S/C12H26N2O/c1-4-14-8-6-12(10(2)9-14)13-7-5-11(3)15/h10-13,15H,4-9H2,1-3H3. The minimum atomic E-state index is -0.177. The number of aliphatic hydroxyl groups excluding tert-OH is 1. The lowest BCUT2D eigenvalue weighted by Crippen LogP contribution is -2.48. The van der Waals surface area contributed by atoms with Gasteiger partial charge < -0.3 is 15.3 Å². The molecule has 0 amide bonds. The maximum atomic E-state index is 9.18. The van der Waals surface area contributed by atoms with Crippen molar-refractivity contribution >= 4 is 0 Å². The first-order valence-electron chi connectivity index (χ1n) is 6.27. The number of rotatable bonds is 5. The highest BCUT2D eigenvalue weighted by molar-refractivity contribution is 4.82. The first-order valence-corrected chi connectivity index (χ1v) is 6.27. The number of piperidine rings is 1. The van der Waals surface area contributed by atoms with E-state index in [2.05, 4.69) is 24.1 Å². The predicted molar refractivity (Wildman–Crippen MR) is 64.0 cm³/mol. The van der Waals surface area contributed by atoms with Crippen LogP contribution in [-0.4, -0.2) is 48.3 Å². The molecule has 1 aliphatic heterocycles. The summed E-state index contributed by atoms with van der Waals surface area (Å²) in [6.45, 7) is 10.9. The molecular formula is C12H26N2O. The van der Waals surface area contributed by atoms with Crippen LogP contribution in [0.25, 0.3) is 0 Å². The number of nitrogens with zero attached hydrogens (tertiary/aromatic N) is 1. The van der Waals surface area contributed by atoms with Crippen molar-refractivity contribution in [2.75, 3.05) is 26.2 Å². The Morgan fingerprint density at radius 1 is 1.53 bits per heavy atom. The first-order chi connectivity index (χ1) is 7.13. The largest absolute Gasteiger partial charge is 0.393 e. The normalized spacial score (nSPS) is 30.4. The van der Waals surface area contributed by atoms with Gasteiger partial charge in [-0.1, -0.05) is 13.8 Å². The van der Waals surface area contributed by atoms with Crippen molar-refractivity contribution in [3.8, 4) is 0 Å². The summed E-state index contributed by atoms with van der Waals surface area (Å²) in [5, 5.41) is 12.7. The van der Waals surface area contributed by atoms with E-state index in [1.807, 2.05) is 6.92 Å². The van der Waals surface area contributed by atoms with Crippen LogP contribution in [0.5, 0.6) is 0 Å². The van der Waals surface area contributed by atoms with Crippen LogP contribution in [0.3, 0.4) is 0 Å². The van der Waals surface area contributed by atoms with E-state index in [1.165, 1.54) is 26.1 Å². The molecule has 0 spiro atoms. The molecule has 15 heavy (non-hydrogen) atoms. The molecule has 0 aromatic heterocycles. The maximum absolute atomic E-state index is 9.18. The molecule has 0 aromatic rings. The Morgan fingerprint density at radius 2 is 2.27 bits per heavy atom. The first kappa shape index (κ1) is 12.9. The van der Waals surface area contributed by atoms with Crippen molar-refractivity contribution in [3.05, 3.63) is 0 Å². The van der Waals surface area contributed by atoms with Crippen LogP contribution >= 0.6 is 0 Å². The van der Waals surface area contributed by atoms with E-state index in [1.54, 1.807) is 0 Å². The number of likely N-dealkylation sites (tertiary alicyclic amines) is 1. The molecule has 0 bridgehead atoms. The number of hydrogen-bond donors (Lipinski definition) is 2. The van der Waals surface area contributed by atoms with Crippen LogP contribution in [0.15, 0.2) is 0 Å². The Morgan fingerprint density at radius 3 is 2.80 bits per heavy atom. The minimum absolute atomic E-state index is 0.177. The highest BCUT2D eigenvalue weighted by Crippen LogP contribution is 2.16. The maximum Gasteiger partial charge on any atom is 0.0524 e. The zero-order valence-electron chi connectivity index (χ0n) is 10.4. The van der Waals surface area contributed by atoms with Gasteiger partial charge in [-0.2, -0.15) is 0 Å². The molecule has 3 nitrogen and oxygen atoms in total. The van der Waals surface area contributed by atoms with Gasteiger partial charge in [0.05, 0.1) is 6.10 Å². The van der Waals surface area contributed by atoms with Crippen molar-refractivity contribution in [3.63, 3.8) is 0 Å². The van der Waals surface area contributed by atoms with Crippen LogP contribution in [0.4, 0.5) is 0 Å². The molecule has 0 aliphatic carbocycles. The molecule has 1 aliphatic rings. The fourth-order valence-corrected chi connectivity index (χ4v) is 2.30. The molecule has 1 heterocycles. The average molecular weight is 214 g/mol. The smallest absolute Gasteiger partial charge is 0.0524 e. The molecule has 0 aromatic carbocycles. The van der Waals surface area contributed by atoms with Crippen molar-refractivity contribution in [1.82, 2.24) is 10.2 Å². The van der Waals surface area contributed by atoms with Crippen LogP contribution in [0.1, 0.15) is 33.6 Å². The summed E-state index contributed by atoms with van der Waals surface area (Å²) >= 11 is 0. The fraction of sp³-hybridized carbons (Fsp3) is 1.00. The minimum Gasteiger partial charge on any atom is -0.393 e. The van der Waals surface area contributed by atoms with Gasteiger partial charge in [-0.3, -0.25) is 0 Å².